The molecule has 3 N–H and O–H groups in total. The Hall–Kier alpha value is -4.10. The lowest BCUT2D eigenvalue weighted by Crippen LogP contribution is -2.25. The highest BCUT2D eigenvalue weighted by molar-refractivity contribution is 6.30. The number of carbonyl (C=O) groups is 1. The summed E-state index contributed by atoms with van der Waals surface area (Å²) < 4.78 is 8.30. The number of para-hydroxylation sites is 1. The Kier molecular flexibility index (Phi) is 7.98. The third kappa shape index (κ3) is 5.83. The van der Waals surface area contributed by atoms with Crippen LogP contribution in [0.1, 0.15) is 60.4 Å². The molecule has 4 aromatic rings. The summed E-state index contributed by atoms with van der Waals surface area (Å²) in [6, 6.07) is 21.6. The minimum atomic E-state index is -0.0802. The van der Waals surface area contributed by atoms with E-state index in [1.54, 1.807) is 0 Å². The molecule has 0 bridgehead atoms. The number of nitrogens with one attached hydrogen (secondary N) is 1. The Morgan fingerprint density at radius 1 is 1.13 bits per heavy atom. The van der Waals surface area contributed by atoms with Crippen molar-refractivity contribution in [3.05, 3.63) is 106 Å². The number of halogens is 1. The maximum Gasteiger partial charge on any atom is 0.220 e. The molecule has 1 aliphatic heterocycles. The van der Waals surface area contributed by atoms with Crippen molar-refractivity contribution < 1.29 is 9.53 Å². The number of carbonyl (C=O) groups excluding carboxylic acids is 1. The maximum atomic E-state index is 12.6. The summed E-state index contributed by atoms with van der Waals surface area (Å²) >= 11 is 6.23. The largest absolute Gasteiger partial charge is 0.489 e. The summed E-state index contributed by atoms with van der Waals surface area (Å²) in [5, 5.41) is 12.6. The molecule has 1 atom stereocenters. The number of nitrogen functional groups attached to an aromatic ring is 1. The Morgan fingerprint density at radius 3 is 2.69 bits per heavy atom. The van der Waals surface area contributed by atoms with Crippen molar-refractivity contribution in [3.63, 3.8) is 0 Å². The summed E-state index contributed by atoms with van der Waals surface area (Å²) in [7, 11) is 0. The van der Waals surface area contributed by atoms with Crippen LogP contribution in [0.25, 0.3) is 11.3 Å². The Labute approximate surface area is 233 Å². The van der Waals surface area contributed by atoms with Gasteiger partial charge in [0.1, 0.15) is 24.0 Å². The molecular weight excluding hydrogens is 510 g/mol. The fourth-order valence-electron chi connectivity index (χ4n) is 5.04. The smallest absolute Gasteiger partial charge is 0.220 e. The normalized spacial score (nSPS) is 16.1. The van der Waals surface area contributed by atoms with E-state index in [9.17, 15) is 4.79 Å². The van der Waals surface area contributed by atoms with E-state index in [1.807, 2.05) is 74.5 Å². The van der Waals surface area contributed by atoms with E-state index in [0.29, 0.717) is 30.3 Å². The van der Waals surface area contributed by atoms with Crippen LogP contribution in [-0.2, 0) is 11.4 Å². The summed E-state index contributed by atoms with van der Waals surface area (Å²) in [6.45, 7) is 4.82. The maximum absolute atomic E-state index is 12.6. The van der Waals surface area contributed by atoms with Gasteiger partial charge in [-0.25, -0.2) is 0 Å². The molecule has 0 unspecified atom stereocenters. The van der Waals surface area contributed by atoms with Crippen LogP contribution in [0.5, 0.6) is 5.75 Å². The van der Waals surface area contributed by atoms with Crippen molar-refractivity contribution in [1.29, 1.82) is 0 Å². The molecule has 200 valence electrons. The topological polar surface area (TPSA) is 95.1 Å². The number of benzene rings is 3. The van der Waals surface area contributed by atoms with Crippen LogP contribution in [0.4, 0.5) is 5.69 Å². The third-order valence-corrected chi connectivity index (χ3v) is 7.24. The zero-order valence-electron chi connectivity index (χ0n) is 22.2. The number of hydrogen-bond donors (Lipinski definition) is 2. The van der Waals surface area contributed by atoms with Crippen LogP contribution >= 0.6 is 11.6 Å². The SMILES string of the molecule is CCNC(=O)C[C@@H]1CC/C=C(/c2ccc(Cl)cc2)c2cc(OCc3ccccc3N)ccc2-n2c(C)nnc21. The summed E-state index contributed by atoms with van der Waals surface area (Å²) in [6.07, 6.45) is 4.11. The highest BCUT2D eigenvalue weighted by atomic mass is 35.5. The molecule has 0 aliphatic carbocycles. The molecule has 1 aromatic heterocycles. The molecule has 39 heavy (non-hydrogen) atoms. The average molecular weight is 542 g/mol. The zero-order valence-corrected chi connectivity index (χ0v) is 22.9. The van der Waals surface area contributed by atoms with Gasteiger partial charge < -0.3 is 15.8 Å². The number of ether oxygens (including phenoxy) is 1. The number of amides is 1. The van der Waals surface area contributed by atoms with Crippen LogP contribution in [-0.4, -0.2) is 27.2 Å². The van der Waals surface area contributed by atoms with Crippen molar-refractivity contribution in [2.24, 2.45) is 0 Å². The number of fused-ring (bicyclic) bond motifs is 3. The highest BCUT2D eigenvalue weighted by Crippen LogP contribution is 2.38. The predicted octanol–water partition coefficient (Wildman–Crippen LogP) is 6.23. The second-order valence-corrected chi connectivity index (χ2v) is 10.1. The number of hydrogen-bond acceptors (Lipinski definition) is 5. The fraction of sp³-hybridized carbons (Fsp3) is 0.258. The quantitative estimate of drug-likeness (QED) is 0.271. The fourth-order valence-corrected chi connectivity index (χ4v) is 5.17. The standard InChI is InChI=1S/C31H32ClN5O2/c1-3-34-30(38)17-22-8-6-9-26(21-11-13-24(32)14-12-21)27-18-25(39-19-23-7-4-5-10-28(23)33)15-16-29(27)37-20(2)35-36-31(22)37/h4-5,7,9-16,18,22H,3,6,8,17,19,33H2,1-2H3,(H,34,38)/b26-9-/t22-/m0/s1. The molecule has 0 radical (unpaired) electrons. The molecule has 1 amide bonds. The van der Waals surface area contributed by atoms with Crippen LogP contribution in [0.2, 0.25) is 5.02 Å². The van der Waals surface area contributed by atoms with E-state index in [1.165, 1.54) is 0 Å². The molecule has 0 fully saturated rings. The Morgan fingerprint density at radius 2 is 1.92 bits per heavy atom. The van der Waals surface area contributed by atoms with Gasteiger partial charge in [-0.05, 0) is 74.2 Å². The second-order valence-electron chi connectivity index (χ2n) is 9.66. The van der Waals surface area contributed by atoms with Gasteiger partial charge in [-0.15, -0.1) is 10.2 Å². The van der Waals surface area contributed by atoms with Crippen LogP contribution in [0.3, 0.4) is 0 Å². The number of rotatable bonds is 7. The van der Waals surface area contributed by atoms with Crippen molar-refractivity contribution in [2.75, 3.05) is 12.3 Å². The van der Waals surface area contributed by atoms with Gasteiger partial charge in [0, 0.05) is 40.7 Å². The second kappa shape index (κ2) is 11.7. The number of nitrogens with zero attached hydrogens (tertiary/aromatic N) is 3. The molecule has 0 saturated carbocycles. The van der Waals surface area contributed by atoms with Gasteiger partial charge in [0.25, 0.3) is 0 Å². The van der Waals surface area contributed by atoms with Crippen molar-refractivity contribution in [2.45, 2.75) is 45.6 Å². The summed E-state index contributed by atoms with van der Waals surface area (Å²) in [5.41, 5.74) is 11.8. The van der Waals surface area contributed by atoms with Crippen molar-refractivity contribution in [3.8, 4) is 11.4 Å². The molecule has 0 saturated heterocycles. The molecular formula is C31H32ClN5O2. The van der Waals surface area contributed by atoms with Crippen molar-refractivity contribution >= 4 is 28.8 Å². The third-order valence-electron chi connectivity index (χ3n) is 6.99. The molecule has 0 spiro atoms. The van der Waals surface area contributed by atoms with Crippen LogP contribution in [0, 0.1) is 6.92 Å². The first-order valence-electron chi connectivity index (χ1n) is 13.2. The molecule has 3 aromatic carbocycles. The minimum Gasteiger partial charge on any atom is -0.489 e. The number of aromatic nitrogens is 3. The van der Waals surface area contributed by atoms with Gasteiger partial charge in [-0.1, -0.05) is 48.0 Å². The first-order chi connectivity index (χ1) is 18.9. The first-order valence-corrected chi connectivity index (χ1v) is 13.6. The number of nitrogens with two attached hydrogens (primary N) is 1. The predicted molar refractivity (Wildman–Crippen MR) is 155 cm³/mol. The number of aryl methyl sites for hydroxylation is 1. The van der Waals surface area contributed by atoms with E-state index < -0.39 is 0 Å². The number of anilines is 1. The van der Waals surface area contributed by atoms with Gasteiger partial charge in [-0.2, -0.15) is 0 Å². The Balaban J connectivity index is 1.62. The molecule has 8 heteroatoms. The van der Waals surface area contributed by atoms with E-state index in [-0.39, 0.29) is 11.8 Å². The minimum absolute atomic E-state index is 0.0139. The molecule has 2 heterocycles. The molecule has 5 rings (SSSR count). The van der Waals surface area contributed by atoms with Gasteiger partial charge in [0.05, 0.1) is 5.69 Å². The Bertz CT molecular complexity index is 1510. The molecule has 7 nitrogen and oxygen atoms in total. The van der Waals surface area contributed by atoms with E-state index in [2.05, 4.69) is 32.2 Å². The lowest BCUT2D eigenvalue weighted by atomic mass is 9.94. The zero-order chi connectivity index (χ0) is 27.4. The van der Waals surface area contributed by atoms with Gasteiger partial charge in [-0.3, -0.25) is 9.36 Å². The summed E-state index contributed by atoms with van der Waals surface area (Å²) in [5.74, 6) is 2.21. The monoisotopic (exact) mass is 541 g/mol. The molecule has 1 aliphatic rings. The highest BCUT2D eigenvalue weighted by Gasteiger charge is 2.27. The first kappa shape index (κ1) is 26.5. The van der Waals surface area contributed by atoms with Crippen molar-refractivity contribution in [1.82, 2.24) is 20.1 Å². The number of allylic oxidation sites excluding steroid dienone is 1. The van der Waals surface area contributed by atoms with Gasteiger partial charge in [0.2, 0.25) is 5.91 Å². The van der Waals surface area contributed by atoms with Crippen LogP contribution in [0.15, 0.2) is 72.8 Å². The lowest BCUT2D eigenvalue weighted by Gasteiger charge is -2.20. The average Bonchev–Trinajstić information content (AvgIpc) is 3.33. The van der Waals surface area contributed by atoms with E-state index in [0.717, 1.165) is 58.2 Å². The lowest BCUT2D eigenvalue weighted by molar-refractivity contribution is -0.121. The van der Waals surface area contributed by atoms with Gasteiger partial charge in [0.15, 0.2) is 0 Å². The van der Waals surface area contributed by atoms with Crippen LogP contribution < -0.4 is 15.8 Å². The van der Waals surface area contributed by atoms with E-state index >= 15 is 0 Å². The van der Waals surface area contributed by atoms with E-state index in [4.69, 9.17) is 22.1 Å². The van der Waals surface area contributed by atoms with Gasteiger partial charge >= 0.3 is 0 Å². The summed E-state index contributed by atoms with van der Waals surface area (Å²) in [4.78, 5) is 12.6.